The number of carbonyl (C=O) groups is 1. The van der Waals surface area contributed by atoms with E-state index in [2.05, 4.69) is 6.58 Å². The highest BCUT2D eigenvalue weighted by atomic mass is 16.6. The van der Waals surface area contributed by atoms with Crippen molar-refractivity contribution in [1.82, 2.24) is 0 Å². The molecule has 0 unspecified atom stereocenters. The van der Waals surface area contributed by atoms with Gasteiger partial charge in [0.2, 0.25) is 0 Å². The van der Waals surface area contributed by atoms with E-state index in [1.807, 2.05) is 13.8 Å². The van der Waals surface area contributed by atoms with E-state index < -0.39 is 24.4 Å². The first-order valence-electron chi connectivity index (χ1n) is 9.66. The molecule has 2 heterocycles. The fraction of sp³-hybridized carbons (Fsp3) is 0.667. The number of esters is 1. The molecule has 0 aromatic carbocycles. The van der Waals surface area contributed by atoms with E-state index in [1.54, 1.807) is 18.2 Å². The number of fused-ring (bicyclic) bond motifs is 1. The second-order valence-corrected chi connectivity index (χ2v) is 7.76. The molecule has 0 bridgehead atoms. The molecular formula is C21H32O6. The van der Waals surface area contributed by atoms with E-state index in [4.69, 9.17) is 9.47 Å². The van der Waals surface area contributed by atoms with Crippen LogP contribution in [0.3, 0.4) is 0 Å². The molecule has 152 valence electrons. The summed E-state index contributed by atoms with van der Waals surface area (Å²) in [6.45, 7) is 7.59. The SMILES string of the molecule is C=C[C@H](C)C[C@H](O)[C@@H]1C[C@@H]2O[C@H]2/C=C/[C@H](O)[C@@H](O)/C=C/C[C@H](C)CC(=O)O1. The van der Waals surface area contributed by atoms with Gasteiger partial charge in [0.15, 0.2) is 0 Å². The topological polar surface area (TPSA) is 99.5 Å². The van der Waals surface area contributed by atoms with Gasteiger partial charge in [-0.2, -0.15) is 0 Å². The maximum atomic E-state index is 12.3. The van der Waals surface area contributed by atoms with Crippen LogP contribution in [-0.4, -0.2) is 57.9 Å². The summed E-state index contributed by atoms with van der Waals surface area (Å²) >= 11 is 0. The van der Waals surface area contributed by atoms with Gasteiger partial charge in [-0.3, -0.25) is 4.79 Å². The molecule has 8 atom stereocenters. The Morgan fingerprint density at radius 1 is 1.30 bits per heavy atom. The number of allylic oxidation sites excluding steroid dienone is 2. The highest BCUT2D eigenvalue weighted by Crippen LogP contribution is 2.31. The zero-order valence-electron chi connectivity index (χ0n) is 16.1. The second-order valence-electron chi connectivity index (χ2n) is 7.76. The van der Waals surface area contributed by atoms with Gasteiger partial charge in [-0.1, -0.05) is 44.2 Å². The van der Waals surface area contributed by atoms with Crippen molar-refractivity contribution in [2.45, 2.75) is 76.2 Å². The van der Waals surface area contributed by atoms with Gasteiger partial charge in [0.25, 0.3) is 0 Å². The average molecular weight is 380 g/mol. The van der Waals surface area contributed by atoms with Crippen LogP contribution in [0.4, 0.5) is 0 Å². The summed E-state index contributed by atoms with van der Waals surface area (Å²) in [7, 11) is 0. The molecule has 0 spiro atoms. The quantitative estimate of drug-likeness (QED) is 0.391. The number of epoxide rings is 1. The minimum atomic E-state index is -1.01. The van der Waals surface area contributed by atoms with E-state index in [9.17, 15) is 20.1 Å². The van der Waals surface area contributed by atoms with Crippen molar-refractivity contribution in [3.8, 4) is 0 Å². The molecule has 2 aliphatic rings. The lowest BCUT2D eigenvalue weighted by Crippen LogP contribution is -2.34. The number of ether oxygens (including phenoxy) is 2. The predicted octanol–water partition coefficient (Wildman–Crippen LogP) is 1.89. The van der Waals surface area contributed by atoms with Gasteiger partial charge >= 0.3 is 5.97 Å². The summed E-state index contributed by atoms with van der Waals surface area (Å²) in [5.74, 6) is -0.227. The zero-order chi connectivity index (χ0) is 20.0. The van der Waals surface area contributed by atoms with Crippen molar-refractivity contribution in [1.29, 1.82) is 0 Å². The van der Waals surface area contributed by atoms with Crippen LogP contribution >= 0.6 is 0 Å². The minimum Gasteiger partial charge on any atom is -0.459 e. The van der Waals surface area contributed by atoms with E-state index >= 15 is 0 Å². The van der Waals surface area contributed by atoms with Gasteiger partial charge in [-0.15, -0.1) is 6.58 Å². The molecule has 1 fully saturated rings. The van der Waals surface area contributed by atoms with Crippen molar-refractivity contribution < 1.29 is 29.6 Å². The monoisotopic (exact) mass is 380 g/mol. The molecule has 2 aliphatic heterocycles. The van der Waals surface area contributed by atoms with Crippen molar-refractivity contribution in [2.24, 2.45) is 11.8 Å². The molecule has 0 aromatic rings. The summed E-state index contributed by atoms with van der Waals surface area (Å²) in [6.07, 6.45) is 6.05. The molecule has 0 amide bonds. The van der Waals surface area contributed by atoms with Gasteiger partial charge in [-0.05, 0) is 24.7 Å². The molecule has 0 radical (unpaired) electrons. The number of hydrogen-bond donors (Lipinski definition) is 3. The summed E-state index contributed by atoms with van der Waals surface area (Å²) in [4.78, 5) is 12.3. The smallest absolute Gasteiger partial charge is 0.306 e. The van der Waals surface area contributed by atoms with E-state index in [-0.39, 0.29) is 36.4 Å². The molecule has 0 aromatic heterocycles. The number of aliphatic hydroxyl groups is 3. The maximum absolute atomic E-state index is 12.3. The third kappa shape index (κ3) is 7.22. The summed E-state index contributed by atoms with van der Waals surface area (Å²) in [6, 6.07) is 0. The van der Waals surface area contributed by atoms with Gasteiger partial charge < -0.3 is 24.8 Å². The summed E-state index contributed by atoms with van der Waals surface area (Å²) in [5.41, 5.74) is 0. The molecule has 6 nitrogen and oxygen atoms in total. The normalized spacial score (nSPS) is 39.7. The predicted molar refractivity (Wildman–Crippen MR) is 102 cm³/mol. The Bertz CT molecular complexity index is 557. The van der Waals surface area contributed by atoms with Gasteiger partial charge in [0, 0.05) is 12.8 Å². The summed E-state index contributed by atoms with van der Waals surface area (Å²) in [5, 5.41) is 30.5. The Morgan fingerprint density at radius 2 is 2.00 bits per heavy atom. The van der Waals surface area contributed by atoms with E-state index in [1.165, 1.54) is 12.2 Å². The van der Waals surface area contributed by atoms with Crippen LogP contribution in [0.15, 0.2) is 37.0 Å². The molecule has 0 aliphatic carbocycles. The molecule has 0 saturated carbocycles. The van der Waals surface area contributed by atoms with Crippen LogP contribution in [0.1, 0.15) is 39.5 Å². The third-order valence-electron chi connectivity index (χ3n) is 5.05. The zero-order valence-corrected chi connectivity index (χ0v) is 16.1. The fourth-order valence-corrected chi connectivity index (χ4v) is 3.14. The van der Waals surface area contributed by atoms with Crippen molar-refractivity contribution in [3.63, 3.8) is 0 Å². The Labute approximate surface area is 161 Å². The molecule has 1 saturated heterocycles. The first-order chi connectivity index (χ1) is 12.8. The lowest BCUT2D eigenvalue weighted by atomic mass is 9.97. The van der Waals surface area contributed by atoms with Crippen molar-refractivity contribution >= 4 is 5.97 Å². The number of aliphatic hydroxyl groups excluding tert-OH is 3. The van der Waals surface area contributed by atoms with E-state index in [0.717, 1.165) is 0 Å². The van der Waals surface area contributed by atoms with Crippen LogP contribution in [0.25, 0.3) is 0 Å². The lowest BCUT2D eigenvalue weighted by Gasteiger charge is -2.24. The first-order valence-corrected chi connectivity index (χ1v) is 9.66. The minimum absolute atomic E-state index is 0.0218. The molecular weight excluding hydrogens is 348 g/mol. The molecule has 2 rings (SSSR count). The molecule has 3 N–H and O–H groups in total. The number of carbonyl (C=O) groups excluding carboxylic acids is 1. The lowest BCUT2D eigenvalue weighted by molar-refractivity contribution is -0.157. The van der Waals surface area contributed by atoms with Crippen LogP contribution < -0.4 is 0 Å². The Hall–Kier alpha value is -1.47. The standard InChI is InChI=1S/C21H32O6/c1-4-13(2)10-17(24)19-12-20-18(26-20)9-8-16(23)15(22)7-5-6-14(3)11-21(25)27-19/h4-5,7-9,13-20,22-24H,1,6,10-12H2,2-3H3/b7-5+,9-8+/t13-,14-,15-,16-,17-,18-,19-,20-/m0/s1. The fourth-order valence-electron chi connectivity index (χ4n) is 3.14. The first kappa shape index (κ1) is 21.8. The van der Waals surface area contributed by atoms with Gasteiger partial charge in [-0.25, -0.2) is 0 Å². The van der Waals surface area contributed by atoms with Crippen LogP contribution in [-0.2, 0) is 14.3 Å². The molecule has 27 heavy (non-hydrogen) atoms. The van der Waals surface area contributed by atoms with Crippen LogP contribution in [0.2, 0.25) is 0 Å². The van der Waals surface area contributed by atoms with Crippen LogP contribution in [0.5, 0.6) is 0 Å². The highest BCUT2D eigenvalue weighted by molar-refractivity contribution is 5.69. The summed E-state index contributed by atoms with van der Waals surface area (Å²) < 4.78 is 11.1. The number of rotatable bonds is 4. The Balaban J connectivity index is 2.10. The van der Waals surface area contributed by atoms with Crippen molar-refractivity contribution in [3.05, 3.63) is 37.0 Å². The molecule has 6 heteroatoms. The Morgan fingerprint density at radius 3 is 2.70 bits per heavy atom. The number of hydrogen-bond acceptors (Lipinski definition) is 6. The van der Waals surface area contributed by atoms with Gasteiger partial charge in [0.05, 0.1) is 12.2 Å². The average Bonchev–Trinajstić information content (AvgIpc) is 3.35. The second kappa shape index (κ2) is 10.2. The van der Waals surface area contributed by atoms with E-state index in [0.29, 0.717) is 19.3 Å². The number of cyclic esters (lactones) is 1. The van der Waals surface area contributed by atoms with Crippen molar-refractivity contribution in [2.75, 3.05) is 0 Å². The third-order valence-corrected chi connectivity index (χ3v) is 5.05. The van der Waals surface area contributed by atoms with Crippen LogP contribution in [0, 0.1) is 11.8 Å². The Kier molecular flexibility index (Phi) is 8.23. The maximum Gasteiger partial charge on any atom is 0.306 e. The van der Waals surface area contributed by atoms with Gasteiger partial charge in [0.1, 0.15) is 24.4 Å². The highest BCUT2D eigenvalue weighted by Gasteiger charge is 2.41. The largest absolute Gasteiger partial charge is 0.459 e.